The van der Waals surface area contributed by atoms with Gasteiger partial charge in [-0.3, -0.25) is 4.79 Å². The summed E-state index contributed by atoms with van der Waals surface area (Å²) in [5.74, 6) is 0.745. The normalized spacial score (nSPS) is 19.5. The van der Waals surface area contributed by atoms with E-state index in [9.17, 15) is 4.79 Å². The first kappa shape index (κ1) is 14.5. The third-order valence-corrected chi connectivity index (χ3v) is 4.22. The number of nitrogens with zero attached hydrogens (tertiary/aromatic N) is 1. The van der Waals surface area contributed by atoms with Gasteiger partial charge in [-0.1, -0.05) is 22.0 Å². The van der Waals surface area contributed by atoms with Gasteiger partial charge in [0, 0.05) is 23.1 Å². The van der Waals surface area contributed by atoms with Crippen molar-refractivity contribution in [1.82, 2.24) is 10.2 Å². The minimum absolute atomic E-state index is 0.166. The number of carbonyl (C=O) groups is 1. The highest BCUT2D eigenvalue weighted by atomic mass is 79.9. The average molecular weight is 325 g/mol. The molecule has 0 radical (unpaired) electrons. The Bertz CT molecular complexity index is 459. The van der Waals surface area contributed by atoms with Crippen LogP contribution in [0.25, 0.3) is 0 Å². The van der Waals surface area contributed by atoms with Gasteiger partial charge in [0.25, 0.3) is 5.91 Å². The Morgan fingerprint density at radius 2 is 2.32 bits per heavy atom. The average Bonchev–Trinajstić information content (AvgIpc) is 2.41. The van der Waals surface area contributed by atoms with Gasteiger partial charge in [0.15, 0.2) is 0 Å². The van der Waals surface area contributed by atoms with Crippen molar-refractivity contribution in [3.05, 3.63) is 33.8 Å². The highest BCUT2D eigenvalue weighted by molar-refractivity contribution is 9.10. The molecule has 0 aliphatic carbocycles. The molecule has 1 aromatic rings. The summed E-state index contributed by atoms with van der Waals surface area (Å²) in [5.41, 5.74) is 1.86. The molecule has 3 nitrogen and oxygen atoms in total. The monoisotopic (exact) mass is 324 g/mol. The summed E-state index contributed by atoms with van der Waals surface area (Å²) < 4.78 is 0.963. The van der Waals surface area contributed by atoms with Crippen LogP contribution in [0.1, 0.15) is 28.8 Å². The minimum atomic E-state index is 0.166. The molecule has 104 valence electrons. The van der Waals surface area contributed by atoms with E-state index in [-0.39, 0.29) is 5.91 Å². The van der Waals surface area contributed by atoms with Crippen LogP contribution < -0.4 is 5.32 Å². The number of hydrogen-bond acceptors (Lipinski definition) is 2. The van der Waals surface area contributed by atoms with Crippen LogP contribution in [-0.4, -0.2) is 37.5 Å². The largest absolute Gasteiger partial charge is 0.338 e. The number of nitrogens with one attached hydrogen (secondary N) is 1. The van der Waals surface area contributed by atoms with E-state index >= 15 is 0 Å². The number of halogens is 1. The molecule has 1 aliphatic rings. The highest BCUT2D eigenvalue weighted by Gasteiger charge is 2.24. The zero-order chi connectivity index (χ0) is 13.8. The van der Waals surface area contributed by atoms with Crippen molar-refractivity contribution in [2.24, 2.45) is 5.92 Å². The summed E-state index contributed by atoms with van der Waals surface area (Å²) in [5, 5.41) is 3.21. The number of carbonyl (C=O) groups excluding carboxylic acids is 1. The van der Waals surface area contributed by atoms with Crippen LogP contribution in [0.4, 0.5) is 0 Å². The van der Waals surface area contributed by atoms with Crippen LogP contribution in [0.5, 0.6) is 0 Å². The lowest BCUT2D eigenvalue weighted by Crippen LogP contribution is -2.42. The van der Waals surface area contributed by atoms with Gasteiger partial charge in [-0.05, 0) is 57.0 Å². The number of likely N-dealkylation sites (tertiary alicyclic amines) is 1. The van der Waals surface area contributed by atoms with Crippen molar-refractivity contribution in [2.75, 3.05) is 26.7 Å². The zero-order valence-electron chi connectivity index (χ0n) is 11.6. The Morgan fingerprint density at radius 3 is 3.05 bits per heavy atom. The molecule has 1 amide bonds. The number of rotatable bonds is 3. The molecule has 1 aromatic carbocycles. The first-order valence-electron chi connectivity index (χ1n) is 6.82. The summed E-state index contributed by atoms with van der Waals surface area (Å²) in [6.07, 6.45) is 2.31. The smallest absolute Gasteiger partial charge is 0.254 e. The molecule has 0 spiro atoms. The second-order valence-electron chi connectivity index (χ2n) is 5.28. The van der Waals surface area contributed by atoms with Crippen molar-refractivity contribution < 1.29 is 4.79 Å². The number of piperidine rings is 1. The number of benzene rings is 1. The third-order valence-electron chi connectivity index (χ3n) is 3.73. The van der Waals surface area contributed by atoms with E-state index in [1.807, 2.05) is 37.1 Å². The molecule has 0 saturated carbocycles. The molecule has 1 saturated heterocycles. The lowest BCUT2D eigenvalue weighted by molar-refractivity contribution is 0.0673. The van der Waals surface area contributed by atoms with Gasteiger partial charge in [0.1, 0.15) is 0 Å². The summed E-state index contributed by atoms with van der Waals surface area (Å²) in [4.78, 5) is 14.6. The van der Waals surface area contributed by atoms with E-state index in [1.165, 1.54) is 6.42 Å². The van der Waals surface area contributed by atoms with Crippen LogP contribution in [0.15, 0.2) is 22.7 Å². The van der Waals surface area contributed by atoms with Crippen molar-refractivity contribution in [1.29, 1.82) is 0 Å². The van der Waals surface area contributed by atoms with E-state index < -0.39 is 0 Å². The quantitative estimate of drug-likeness (QED) is 0.927. The predicted octanol–water partition coefficient (Wildman–Crippen LogP) is 2.83. The molecule has 1 aliphatic heterocycles. The fourth-order valence-corrected chi connectivity index (χ4v) is 3.06. The summed E-state index contributed by atoms with van der Waals surface area (Å²) in [6.45, 7) is 4.73. The van der Waals surface area contributed by atoms with Crippen molar-refractivity contribution in [3.63, 3.8) is 0 Å². The van der Waals surface area contributed by atoms with Crippen LogP contribution in [0, 0.1) is 12.8 Å². The zero-order valence-corrected chi connectivity index (χ0v) is 13.2. The van der Waals surface area contributed by atoms with E-state index in [4.69, 9.17) is 0 Å². The minimum Gasteiger partial charge on any atom is -0.338 e. The molecule has 1 fully saturated rings. The molecule has 4 heteroatoms. The fraction of sp³-hybridized carbons (Fsp3) is 0.533. The lowest BCUT2D eigenvalue weighted by atomic mass is 9.97. The second-order valence-corrected chi connectivity index (χ2v) is 6.19. The van der Waals surface area contributed by atoms with Gasteiger partial charge in [0.2, 0.25) is 0 Å². The van der Waals surface area contributed by atoms with Gasteiger partial charge >= 0.3 is 0 Å². The number of amides is 1. The SMILES string of the molecule is CNC[C@H]1CCCN(C(=O)c2cc(Br)ccc2C)C1. The molecular weight excluding hydrogens is 304 g/mol. The molecular formula is C15H21BrN2O. The van der Waals surface area contributed by atoms with Gasteiger partial charge in [-0.2, -0.15) is 0 Å². The second kappa shape index (κ2) is 6.53. The standard InChI is InChI=1S/C15H21BrN2O/c1-11-5-6-13(16)8-14(11)15(19)18-7-3-4-12(10-18)9-17-2/h5-6,8,12,17H,3-4,7,9-10H2,1-2H3/t12-/m1/s1. The van der Waals surface area contributed by atoms with Crippen LogP contribution >= 0.6 is 15.9 Å². The Morgan fingerprint density at radius 1 is 1.53 bits per heavy atom. The van der Waals surface area contributed by atoms with Gasteiger partial charge in [-0.25, -0.2) is 0 Å². The van der Waals surface area contributed by atoms with Crippen molar-refractivity contribution in [3.8, 4) is 0 Å². The molecule has 2 rings (SSSR count). The number of aryl methyl sites for hydroxylation is 1. The van der Waals surface area contributed by atoms with Gasteiger partial charge < -0.3 is 10.2 Å². The lowest BCUT2D eigenvalue weighted by Gasteiger charge is -2.33. The maximum Gasteiger partial charge on any atom is 0.254 e. The summed E-state index contributed by atoms with van der Waals surface area (Å²) in [6, 6.07) is 5.90. The molecule has 0 unspecified atom stereocenters. The highest BCUT2D eigenvalue weighted by Crippen LogP contribution is 2.21. The summed E-state index contributed by atoms with van der Waals surface area (Å²) >= 11 is 3.44. The van der Waals surface area contributed by atoms with Crippen LogP contribution in [0.2, 0.25) is 0 Å². The van der Waals surface area contributed by atoms with E-state index in [0.29, 0.717) is 5.92 Å². The van der Waals surface area contributed by atoms with Crippen LogP contribution in [0.3, 0.4) is 0 Å². The Labute approximate surface area is 123 Å². The first-order valence-corrected chi connectivity index (χ1v) is 7.61. The van der Waals surface area contributed by atoms with Crippen molar-refractivity contribution in [2.45, 2.75) is 19.8 Å². The molecule has 1 atom stereocenters. The Balaban J connectivity index is 2.12. The van der Waals surface area contributed by atoms with Crippen molar-refractivity contribution >= 4 is 21.8 Å². The predicted molar refractivity (Wildman–Crippen MR) is 81.4 cm³/mol. The number of hydrogen-bond donors (Lipinski definition) is 1. The maximum absolute atomic E-state index is 12.6. The Hall–Kier alpha value is -0.870. The maximum atomic E-state index is 12.6. The molecule has 1 heterocycles. The van der Waals surface area contributed by atoms with Crippen LogP contribution in [-0.2, 0) is 0 Å². The van der Waals surface area contributed by atoms with Gasteiger partial charge in [0.05, 0.1) is 0 Å². The Kier molecular flexibility index (Phi) is 4.99. The van der Waals surface area contributed by atoms with E-state index in [2.05, 4.69) is 21.2 Å². The molecule has 0 aromatic heterocycles. The third kappa shape index (κ3) is 3.57. The van der Waals surface area contributed by atoms with E-state index in [0.717, 1.165) is 41.7 Å². The molecule has 0 bridgehead atoms. The molecule has 19 heavy (non-hydrogen) atoms. The summed E-state index contributed by atoms with van der Waals surface area (Å²) in [7, 11) is 1.97. The fourth-order valence-electron chi connectivity index (χ4n) is 2.70. The first-order chi connectivity index (χ1) is 9.11. The van der Waals surface area contributed by atoms with E-state index in [1.54, 1.807) is 0 Å². The van der Waals surface area contributed by atoms with Gasteiger partial charge in [-0.15, -0.1) is 0 Å². The molecule has 1 N–H and O–H groups in total. The topological polar surface area (TPSA) is 32.3 Å².